The summed E-state index contributed by atoms with van der Waals surface area (Å²) in [7, 11) is 1.23. The molecule has 0 spiro atoms. The van der Waals surface area contributed by atoms with Crippen LogP contribution in [-0.4, -0.2) is 53.4 Å². The highest BCUT2D eigenvalue weighted by Crippen LogP contribution is 2.27. The van der Waals surface area contributed by atoms with Gasteiger partial charge in [-0.1, -0.05) is 6.07 Å². The Labute approximate surface area is 131 Å². The van der Waals surface area contributed by atoms with Crippen LogP contribution >= 0.6 is 0 Å². The van der Waals surface area contributed by atoms with E-state index in [0.717, 1.165) is 0 Å². The lowest BCUT2D eigenvalue weighted by atomic mass is 10.1. The Morgan fingerprint density at radius 3 is 2.57 bits per heavy atom. The van der Waals surface area contributed by atoms with Crippen LogP contribution in [-0.2, 0) is 19.1 Å². The van der Waals surface area contributed by atoms with Gasteiger partial charge in [-0.05, 0) is 23.8 Å². The van der Waals surface area contributed by atoms with Crippen molar-refractivity contribution in [2.45, 2.75) is 6.10 Å². The predicted molar refractivity (Wildman–Crippen MR) is 77.8 cm³/mol. The number of rotatable bonds is 8. The Bertz CT molecular complexity index is 607. The molecule has 8 nitrogen and oxygen atoms in total. The first-order valence-corrected chi connectivity index (χ1v) is 6.47. The molecule has 124 valence electrons. The van der Waals surface area contributed by atoms with Crippen LogP contribution in [0.1, 0.15) is 5.56 Å². The van der Waals surface area contributed by atoms with Gasteiger partial charge in [0.1, 0.15) is 12.9 Å². The minimum Gasteiger partial charge on any atom is -0.504 e. The summed E-state index contributed by atoms with van der Waals surface area (Å²) in [5.41, 5.74) is 0.498. The molecule has 0 radical (unpaired) electrons. The summed E-state index contributed by atoms with van der Waals surface area (Å²) >= 11 is 0. The highest BCUT2D eigenvalue weighted by molar-refractivity contribution is 5.87. The number of aliphatic hydroxyl groups excluding tert-OH is 1. The summed E-state index contributed by atoms with van der Waals surface area (Å²) in [6.45, 7) is -0.415. The highest BCUT2D eigenvalue weighted by atomic mass is 16.5. The lowest BCUT2D eigenvalue weighted by Gasteiger charge is -2.15. The molecule has 0 fully saturated rings. The van der Waals surface area contributed by atoms with Gasteiger partial charge in [0.2, 0.25) is 0 Å². The average molecular weight is 324 g/mol. The van der Waals surface area contributed by atoms with E-state index >= 15 is 0 Å². The third kappa shape index (κ3) is 5.44. The highest BCUT2D eigenvalue weighted by Gasteiger charge is 2.26. The van der Waals surface area contributed by atoms with Gasteiger partial charge in [0.25, 0.3) is 0 Å². The van der Waals surface area contributed by atoms with E-state index < -0.39 is 30.6 Å². The average Bonchev–Trinajstić information content (AvgIpc) is 2.54. The molecule has 1 aromatic rings. The Morgan fingerprint density at radius 2 is 2.04 bits per heavy atom. The van der Waals surface area contributed by atoms with Gasteiger partial charge in [0.15, 0.2) is 17.6 Å². The van der Waals surface area contributed by atoms with E-state index in [9.17, 15) is 24.6 Å². The number of ether oxygens (including phenoxy) is 2. The maximum absolute atomic E-state index is 11.0. The molecule has 0 heterocycles. The van der Waals surface area contributed by atoms with Gasteiger partial charge in [-0.2, -0.15) is 0 Å². The van der Waals surface area contributed by atoms with Crippen molar-refractivity contribution >= 4 is 24.3 Å². The van der Waals surface area contributed by atoms with E-state index in [1.54, 1.807) is 0 Å². The predicted octanol–water partition coefficient (Wildman–Crippen LogP) is 0.218. The number of carboxylic acid groups (broad SMARTS) is 1. The molecule has 0 bridgehead atoms. The number of carbonyl (C=O) groups excluding carboxylic acids is 2. The smallest absolute Gasteiger partial charge is 0.333 e. The zero-order valence-corrected chi connectivity index (χ0v) is 12.2. The van der Waals surface area contributed by atoms with Crippen molar-refractivity contribution in [3.63, 3.8) is 0 Å². The molecular weight excluding hydrogens is 308 g/mol. The maximum atomic E-state index is 11.0. The zero-order chi connectivity index (χ0) is 17.4. The summed E-state index contributed by atoms with van der Waals surface area (Å²) in [6.07, 6.45) is 0.957. The lowest BCUT2D eigenvalue weighted by Crippen LogP contribution is -2.34. The van der Waals surface area contributed by atoms with Crippen molar-refractivity contribution in [2.75, 3.05) is 13.7 Å². The molecule has 2 atom stereocenters. The van der Waals surface area contributed by atoms with E-state index in [-0.39, 0.29) is 17.8 Å². The third-order valence-electron chi connectivity index (χ3n) is 2.86. The van der Waals surface area contributed by atoms with Gasteiger partial charge in [-0.3, -0.25) is 0 Å². The molecule has 0 amide bonds. The molecule has 23 heavy (non-hydrogen) atoms. The summed E-state index contributed by atoms with van der Waals surface area (Å²) in [5, 5.41) is 27.7. The molecule has 8 heteroatoms. The SMILES string of the molecule is COC(=O)/C=C/c1ccc(OCC(C=O)C(O)C(=O)O)c(O)c1. The van der Waals surface area contributed by atoms with Crippen molar-refractivity contribution in [3.05, 3.63) is 29.8 Å². The number of aliphatic carboxylic acids is 1. The number of aliphatic hydroxyl groups is 1. The third-order valence-corrected chi connectivity index (χ3v) is 2.86. The molecular formula is C15H16O8. The number of carboxylic acids is 1. The fourth-order valence-corrected chi connectivity index (χ4v) is 1.57. The number of methoxy groups -OCH3 is 1. The molecule has 2 unspecified atom stereocenters. The normalized spacial score (nSPS) is 13.3. The number of phenols is 1. The number of benzene rings is 1. The summed E-state index contributed by atoms with van der Waals surface area (Å²) < 4.78 is 9.57. The van der Waals surface area contributed by atoms with Gasteiger partial charge < -0.3 is 29.6 Å². The minimum atomic E-state index is -1.89. The van der Waals surface area contributed by atoms with E-state index in [4.69, 9.17) is 9.84 Å². The van der Waals surface area contributed by atoms with Gasteiger partial charge in [0, 0.05) is 6.08 Å². The second-order valence-electron chi connectivity index (χ2n) is 4.48. The molecule has 0 aliphatic rings. The number of carbonyl (C=O) groups is 3. The van der Waals surface area contributed by atoms with E-state index in [2.05, 4.69) is 4.74 Å². The number of hydrogen-bond donors (Lipinski definition) is 3. The van der Waals surface area contributed by atoms with Gasteiger partial charge in [0.05, 0.1) is 13.0 Å². The zero-order valence-electron chi connectivity index (χ0n) is 12.2. The van der Waals surface area contributed by atoms with Crippen LogP contribution in [0.5, 0.6) is 11.5 Å². The number of esters is 1. The molecule has 0 aromatic heterocycles. The standard InChI is InChI=1S/C15H16O8/c1-22-13(18)5-3-9-2-4-12(11(17)6-9)23-8-10(7-16)14(19)15(20)21/h2-7,10,14,17,19H,8H2,1H3,(H,20,21)/b5-3+. The Morgan fingerprint density at radius 1 is 1.35 bits per heavy atom. The topological polar surface area (TPSA) is 130 Å². The largest absolute Gasteiger partial charge is 0.504 e. The Balaban J connectivity index is 2.75. The molecule has 0 aliphatic carbocycles. The van der Waals surface area contributed by atoms with Crippen molar-refractivity contribution in [1.29, 1.82) is 0 Å². The van der Waals surface area contributed by atoms with Gasteiger partial charge >= 0.3 is 11.9 Å². The van der Waals surface area contributed by atoms with Crippen LogP contribution in [0.2, 0.25) is 0 Å². The van der Waals surface area contributed by atoms with Crippen LogP contribution in [0, 0.1) is 5.92 Å². The van der Waals surface area contributed by atoms with Crippen LogP contribution in [0.15, 0.2) is 24.3 Å². The Hall–Kier alpha value is -2.87. The molecule has 1 rings (SSSR count). The number of phenolic OH excluding ortho intramolecular Hbond substituents is 1. The summed E-state index contributed by atoms with van der Waals surface area (Å²) in [5.74, 6) is -3.64. The monoisotopic (exact) mass is 324 g/mol. The Kier molecular flexibility index (Phi) is 6.75. The van der Waals surface area contributed by atoms with E-state index in [1.165, 1.54) is 37.5 Å². The molecule has 3 N–H and O–H groups in total. The lowest BCUT2D eigenvalue weighted by molar-refractivity contribution is -0.151. The van der Waals surface area contributed by atoms with Crippen molar-refractivity contribution < 1.29 is 39.2 Å². The van der Waals surface area contributed by atoms with Crippen molar-refractivity contribution in [2.24, 2.45) is 5.92 Å². The van der Waals surface area contributed by atoms with Crippen LogP contribution in [0.3, 0.4) is 0 Å². The quantitative estimate of drug-likeness (QED) is 0.351. The molecule has 0 saturated heterocycles. The van der Waals surface area contributed by atoms with Crippen LogP contribution in [0.25, 0.3) is 6.08 Å². The number of aromatic hydroxyl groups is 1. The molecule has 1 aromatic carbocycles. The fourth-order valence-electron chi connectivity index (χ4n) is 1.57. The number of aldehydes is 1. The molecule has 0 saturated carbocycles. The minimum absolute atomic E-state index is 0.00431. The van der Waals surface area contributed by atoms with Crippen LogP contribution < -0.4 is 4.74 Å². The molecule has 0 aliphatic heterocycles. The van der Waals surface area contributed by atoms with Crippen molar-refractivity contribution in [3.8, 4) is 11.5 Å². The van der Waals surface area contributed by atoms with Crippen molar-refractivity contribution in [1.82, 2.24) is 0 Å². The van der Waals surface area contributed by atoms with Gasteiger partial charge in [-0.25, -0.2) is 9.59 Å². The van der Waals surface area contributed by atoms with Gasteiger partial charge in [-0.15, -0.1) is 0 Å². The number of hydrogen-bond acceptors (Lipinski definition) is 7. The first-order chi connectivity index (χ1) is 10.9. The second-order valence-corrected chi connectivity index (χ2v) is 4.48. The van der Waals surface area contributed by atoms with E-state index in [1.807, 2.05) is 0 Å². The summed E-state index contributed by atoms with van der Waals surface area (Å²) in [4.78, 5) is 32.4. The summed E-state index contributed by atoms with van der Waals surface area (Å²) in [6, 6.07) is 4.21. The fraction of sp³-hybridized carbons (Fsp3) is 0.267. The first-order valence-electron chi connectivity index (χ1n) is 6.47. The van der Waals surface area contributed by atoms with E-state index in [0.29, 0.717) is 5.56 Å². The van der Waals surface area contributed by atoms with Crippen LogP contribution in [0.4, 0.5) is 0 Å². The maximum Gasteiger partial charge on any atom is 0.333 e. The first kappa shape index (κ1) is 18.2. The second kappa shape index (κ2) is 8.54.